The van der Waals surface area contributed by atoms with Gasteiger partial charge in [-0.05, 0) is 23.8 Å². The summed E-state index contributed by atoms with van der Waals surface area (Å²) in [5.41, 5.74) is 1.55. The van der Waals surface area contributed by atoms with Gasteiger partial charge < -0.3 is 15.2 Å². The number of aliphatic hydroxyl groups excluding tert-OH is 1. The molecule has 0 saturated heterocycles. The molecule has 0 fully saturated rings. The molecule has 1 heterocycles. The first-order chi connectivity index (χ1) is 9.20. The van der Waals surface area contributed by atoms with Gasteiger partial charge in [0.25, 0.3) is 0 Å². The number of pyridine rings is 1. The number of hydrogen-bond acceptors (Lipinski definition) is 4. The summed E-state index contributed by atoms with van der Waals surface area (Å²) < 4.78 is 18.3. The van der Waals surface area contributed by atoms with E-state index in [0.717, 1.165) is 16.5 Å². The lowest BCUT2D eigenvalue weighted by Crippen LogP contribution is -2.29. The summed E-state index contributed by atoms with van der Waals surface area (Å²) in [6.45, 7) is 1.11. The molecule has 2 N–H and O–H groups in total. The molecule has 1 atom stereocenters. The molecule has 0 amide bonds. The third kappa shape index (κ3) is 3.70. The van der Waals surface area contributed by atoms with E-state index in [1.807, 2.05) is 6.07 Å². The van der Waals surface area contributed by atoms with Crippen LogP contribution in [0.5, 0.6) is 0 Å². The molecule has 0 radical (unpaired) electrons. The van der Waals surface area contributed by atoms with Crippen LogP contribution >= 0.6 is 0 Å². The lowest BCUT2D eigenvalue weighted by Gasteiger charge is -2.11. The van der Waals surface area contributed by atoms with E-state index in [-0.39, 0.29) is 12.4 Å². The predicted octanol–water partition coefficient (Wildman–Crippen LogP) is 1.47. The van der Waals surface area contributed by atoms with Crippen molar-refractivity contribution in [2.75, 3.05) is 20.3 Å². The zero-order valence-electron chi connectivity index (χ0n) is 10.8. The highest BCUT2D eigenvalue weighted by molar-refractivity contribution is 5.81. The second-order valence-corrected chi connectivity index (χ2v) is 4.38. The largest absolute Gasteiger partial charge is 0.389 e. The molecule has 0 bridgehead atoms. The van der Waals surface area contributed by atoms with Crippen LogP contribution in [0.3, 0.4) is 0 Å². The minimum Gasteiger partial charge on any atom is -0.389 e. The number of nitrogens with zero attached hydrogens (tertiary/aromatic N) is 1. The standard InChI is InChI=1S/C14H17FN2O2/c1-19-9-13(18)8-16-7-11-6-12(15)5-10-3-2-4-17-14(10)11/h2-6,13,16,18H,7-9H2,1H3. The van der Waals surface area contributed by atoms with Gasteiger partial charge in [0.15, 0.2) is 0 Å². The first-order valence-electron chi connectivity index (χ1n) is 6.11. The van der Waals surface area contributed by atoms with Crippen LogP contribution in [0.25, 0.3) is 10.9 Å². The minimum absolute atomic E-state index is 0.273. The van der Waals surface area contributed by atoms with Crippen LogP contribution in [-0.2, 0) is 11.3 Å². The smallest absolute Gasteiger partial charge is 0.124 e. The van der Waals surface area contributed by atoms with Crippen molar-refractivity contribution >= 4 is 10.9 Å². The number of nitrogens with one attached hydrogen (secondary N) is 1. The summed E-state index contributed by atoms with van der Waals surface area (Å²) in [6, 6.07) is 6.53. The minimum atomic E-state index is -0.571. The van der Waals surface area contributed by atoms with E-state index in [4.69, 9.17) is 4.74 Å². The average molecular weight is 264 g/mol. The maximum absolute atomic E-state index is 13.5. The molecule has 0 spiro atoms. The lowest BCUT2D eigenvalue weighted by atomic mass is 10.1. The third-order valence-electron chi connectivity index (χ3n) is 2.80. The van der Waals surface area contributed by atoms with E-state index >= 15 is 0 Å². The first kappa shape index (κ1) is 13.9. The van der Waals surface area contributed by atoms with Crippen molar-refractivity contribution in [2.45, 2.75) is 12.6 Å². The van der Waals surface area contributed by atoms with Crippen molar-refractivity contribution in [3.63, 3.8) is 0 Å². The number of ether oxygens (including phenoxy) is 1. The van der Waals surface area contributed by atoms with Crippen molar-refractivity contribution < 1.29 is 14.2 Å². The van der Waals surface area contributed by atoms with Gasteiger partial charge in [-0.15, -0.1) is 0 Å². The number of aliphatic hydroxyl groups is 1. The van der Waals surface area contributed by atoms with Crippen LogP contribution < -0.4 is 5.32 Å². The molecule has 2 aromatic rings. The Hall–Kier alpha value is -1.56. The lowest BCUT2D eigenvalue weighted by molar-refractivity contribution is 0.0644. The Bertz CT molecular complexity index is 548. The summed E-state index contributed by atoms with van der Waals surface area (Å²) >= 11 is 0. The molecule has 19 heavy (non-hydrogen) atoms. The van der Waals surface area contributed by atoms with Crippen molar-refractivity contribution in [1.29, 1.82) is 0 Å². The van der Waals surface area contributed by atoms with Crippen LogP contribution in [0, 0.1) is 5.82 Å². The van der Waals surface area contributed by atoms with Crippen LogP contribution in [0.2, 0.25) is 0 Å². The van der Waals surface area contributed by atoms with Gasteiger partial charge in [0.1, 0.15) is 5.82 Å². The van der Waals surface area contributed by atoms with E-state index in [2.05, 4.69) is 10.3 Å². The number of aromatic nitrogens is 1. The van der Waals surface area contributed by atoms with Gasteiger partial charge in [-0.2, -0.15) is 0 Å². The molecule has 1 unspecified atom stereocenters. The Kier molecular flexibility index (Phi) is 4.79. The first-order valence-corrected chi connectivity index (χ1v) is 6.11. The zero-order valence-corrected chi connectivity index (χ0v) is 10.8. The summed E-state index contributed by atoms with van der Waals surface area (Å²) in [7, 11) is 1.53. The number of halogens is 1. The fourth-order valence-corrected chi connectivity index (χ4v) is 1.99. The fraction of sp³-hybridized carbons (Fsp3) is 0.357. The SMILES string of the molecule is COCC(O)CNCc1cc(F)cc2cccnc12. The van der Waals surface area contributed by atoms with E-state index < -0.39 is 6.10 Å². The molecule has 102 valence electrons. The Labute approximate surface area is 111 Å². The topological polar surface area (TPSA) is 54.4 Å². The van der Waals surface area contributed by atoms with Gasteiger partial charge in [0.2, 0.25) is 0 Å². The maximum atomic E-state index is 13.5. The maximum Gasteiger partial charge on any atom is 0.124 e. The normalized spacial score (nSPS) is 12.8. The summed E-state index contributed by atoms with van der Waals surface area (Å²) in [6.07, 6.45) is 1.11. The molecule has 2 rings (SSSR count). The summed E-state index contributed by atoms with van der Waals surface area (Å²) in [4.78, 5) is 4.26. The Morgan fingerprint density at radius 2 is 2.32 bits per heavy atom. The van der Waals surface area contributed by atoms with E-state index in [1.54, 1.807) is 12.3 Å². The van der Waals surface area contributed by atoms with Crippen molar-refractivity contribution in [3.05, 3.63) is 41.8 Å². The molecule has 5 heteroatoms. The van der Waals surface area contributed by atoms with Crippen LogP contribution in [0.4, 0.5) is 4.39 Å². The number of fused-ring (bicyclic) bond motifs is 1. The Balaban J connectivity index is 2.08. The number of rotatable bonds is 6. The molecular formula is C14H17FN2O2. The molecule has 0 saturated carbocycles. The highest BCUT2D eigenvalue weighted by Crippen LogP contribution is 2.18. The fourth-order valence-electron chi connectivity index (χ4n) is 1.99. The van der Waals surface area contributed by atoms with Crippen molar-refractivity contribution in [3.8, 4) is 0 Å². The highest BCUT2D eigenvalue weighted by Gasteiger charge is 2.07. The van der Waals surface area contributed by atoms with Gasteiger partial charge >= 0.3 is 0 Å². The third-order valence-corrected chi connectivity index (χ3v) is 2.80. The Morgan fingerprint density at radius 3 is 3.11 bits per heavy atom. The molecule has 1 aromatic heterocycles. The second kappa shape index (κ2) is 6.56. The Morgan fingerprint density at radius 1 is 1.47 bits per heavy atom. The molecule has 4 nitrogen and oxygen atoms in total. The van der Waals surface area contributed by atoms with Crippen LogP contribution in [0.1, 0.15) is 5.56 Å². The van der Waals surface area contributed by atoms with E-state index in [0.29, 0.717) is 13.1 Å². The predicted molar refractivity (Wildman–Crippen MR) is 71.3 cm³/mol. The highest BCUT2D eigenvalue weighted by atomic mass is 19.1. The van der Waals surface area contributed by atoms with E-state index in [9.17, 15) is 9.50 Å². The van der Waals surface area contributed by atoms with Crippen molar-refractivity contribution in [2.24, 2.45) is 0 Å². The van der Waals surface area contributed by atoms with Crippen LogP contribution in [0.15, 0.2) is 30.5 Å². The monoisotopic (exact) mass is 264 g/mol. The van der Waals surface area contributed by atoms with E-state index in [1.165, 1.54) is 19.2 Å². The van der Waals surface area contributed by atoms with Gasteiger partial charge in [-0.3, -0.25) is 4.98 Å². The molecule has 1 aromatic carbocycles. The van der Waals surface area contributed by atoms with Crippen LogP contribution in [-0.4, -0.2) is 36.5 Å². The zero-order chi connectivity index (χ0) is 13.7. The average Bonchev–Trinajstić information content (AvgIpc) is 2.38. The summed E-state index contributed by atoms with van der Waals surface area (Å²) in [5, 5.41) is 13.4. The van der Waals surface area contributed by atoms with Crippen molar-refractivity contribution in [1.82, 2.24) is 10.3 Å². The molecule has 0 aliphatic rings. The molecule has 0 aliphatic heterocycles. The van der Waals surface area contributed by atoms with Gasteiger partial charge in [0, 0.05) is 31.8 Å². The van der Waals surface area contributed by atoms with Gasteiger partial charge in [-0.25, -0.2) is 4.39 Å². The number of methoxy groups -OCH3 is 1. The number of benzene rings is 1. The summed E-state index contributed by atoms with van der Waals surface area (Å²) in [5.74, 6) is -0.283. The second-order valence-electron chi connectivity index (χ2n) is 4.38. The van der Waals surface area contributed by atoms with Gasteiger partial charge in [0.05, 0.1) is 18.2 Å². The molecular weight excluding hydrogens is 247 g/mol. The van der Waals surface area contributed by atoms with Gasteiger partial charge in [-0.1, -0.05) is 6.07 Å². The molecule has 0 aliphatic carbocycles. The quantitative estimate of drug-likeness (QED) is 0.829. The number of hydrogen-bond donors (Lipinski definition) is 2.